The summed E-state index contributed by atoms with van der Waals surface area (Å²) in [4.78, 5) is 12.6. The number of Topliss-reactive ketones (excluding diaryl/α,β-unsaturated/α-hetero) is 1. The maximum absolute atomic E-state index is 12.6. The van der Waals surface area contributed by atoms with Crippen molar-refractivity contribution in [1.29, 1.82) is 0 Å². The van der Waals surface area contributed by atoms with E-state index in [1.54, 1.807) is 18.2 Å². The van der Waals surface area contributed by atoms with E-state index in [1.165, 1.54) is 11.8 Å². The minimum atomic E-state index is 0.00881. The van der Waals surface area contributed by atoms with E-state index in [0.29, 0.717) is 35.4 Å². The molecular formula is C20H15N3O3S. The lowest BCUT2D eigenvalue weighted by atomic mass is 10.1. The molecule has 2 aromatic carbocycles. The zero-order chi connectivity index (χ0) is 18.2. The molecule has 3 heterocycles. The first kappa shape index (κ1) is 16.1. The molecule has 0 saturated carbocycles. The Hall–Kier alpha value is -3.06. The zero-order valence-electron chi connectivity index (χ0n) is 14.3. The number of hydrogen-bond acceptors (Lipinski definition) is 6. The molecule has 2 aromatic heterocycles. The Balaban J connectivity index is 1.38. The van der Waals surface area contributed by atoms with E-state index in [9.17, 15) is 4.79 Å². The quantitative estimate of drug-likeness (QED) is 0.400. The van der Waals surface area contributed by atoms with Crippen molar-refractivity contribution in [2.75, 3.05) is 19.0 Å². The van der Waals surface area contributed by atoms with E-state index in [2.05, 4.69) is 10.2 Å². The standard InChI is InChI=1S/C20H15N3O3S/c24-16(14-5-6-17-18(11-14)26-10-9-25-17)12-27-20-22-21-19-15-4-2-1-3-13(15)7-8-23(19)20/h1-8,11H,9-10,12H2. The lowest BCUT2D eigenvalue weighted by molar-refractivity contribution is 0.102. The number of nitrogens with zero attached hydrogens (tertiary/aromatic N) is 3. The maximum atomic E-state index is 12.6. The van der Waals surface area contributed by atoms with Gasteiger partial charge in [-0.2, -0.15) is 0 Å². The first-order valence-corrected chi connectivity index (χ1v) is 9.56. The van der Waals surface area contributed by atoms with Crippen molar-refractivity contribution in [2.24, 2.45) is 0 Å². The molecule has 0 N–H and O–H groups in total. The lowest BCUT2D eigenvalue weighted by Gasteiger charge is -2.18. The second kappa shape index (κ2) is 6.59. The van der Waals surface area contributed by atoms with Gasteiger partial charge in [0, 0.05) is 17.1 Å². The lowest BCUT2D eigenvalue weighted by Crippen LogP contribution is -2.16. The molecule has 1 aliphatic heterocycles. The summed E-state index contributed by atoms with van der Waals surface area (Å²) in [6.07, 6.45) is 1.94. The normalized spacial score (nSPS) is 13.2. The number of carbonyl (C=O) groups excluding carboxylic acids is 1. The molecule has 0 unspecified atom stereocenters. The number of benzene rings is 2. The van der Waals surface area contributed by atoms with Crippen molar-refractivity contribution in [3.63, 3.8) is 0 Å². The van der Waals surface area contributed by atoms with Crippen LogP contribution in [0.3, 0.4) is 0 Å². The predicted octanol–water partition coefficient (Wildman–Crippen LogP) is 3.63. The first-order chi connectivity index (χ1) is 13.3. The smallest absolute Gasteiger partial charge is 0.196 e. The number of aromatic nitrogens is 3. The molecule has 0 fully saturated rings. The molecule has 27 heavy (non-hydrogen) atoms. The summed E-state index contributed by atoms with van der Waals surface area (Å²) in [5.74, 6) is 1.58. The minimum absolute atomic E-state index is 0.00881. The van der Waals surface area contributed by atoms with E-state index in [-0.39, 0.29) is 11.5 Å². The summed E-state index contributed by atoms with van der Waals surface area (Å²) >= 11 is 1.37. The van der Waals surface area contributed by atoms with Crippen LogP contribution in [0, 0.1) is 0 Å². The molecule has 7 heteroatoms. The minimum Gasteiger partial charge on any atom is -0.486 e. The van der Waals surface area contributed by atoms with Crippen LogP contribution in [0.2, 0.25) is 0 Å². The number of carbonyl (C=O) groups is 1. The number of fused-ring (bicyclic) bond motifs is 4. The molecule has 0 spiro atoms. The third kappa shape index (κ3) is 2.90. The van der Waals surface area contributed by atoms with Gasteiger partial charge in [0.25, 0.3) is 0 Å². The summed E-state index contributed by atoms with van der Waals surface area (Å²) in [5, 5.41) is 11.4. The van der Waals surface area contributed by atoms with Crippen LogP contribution < -0.4 is 9.47 Å². The van der Waals surface area contributed by atoms with Crippen LogP contribution in [0.25, 0.3) is 16.4 Å². The largest absolute Gasteiger partial charge is 0.486 e. The Bertz CT molecular complexity index is 1170. The predicted molar refractivity (Wildman–Crippen MR) is 103 cm³/mol. The van der Waals surface area contributed by atoms with Crippen LogP contribution in [0.1, 0.15) is 10.4 Å². The van der Waals surface area contributed by atoms with Crippen LogP contribution >= 0.6 is 11.8 Å². The number of ketones is 1. The third-order valence-corrected chi connectivity index (χ3v) is 5.41. The number of hydrogen-bond donors (Lipinski definition) is 0. The number of rotatable bonds is 4. The summed E-state index contributed by atoms with van der Waals surface area (Å²) in [6, 6.07) is 15.4. The average molecular weight is 377 g/mol. The number of thioether (sulfide) groups is 1. The van der Waals surface area contributed by atoms with Gasteiger partial charge in [-0.05, 0) is 29.7 Å². The van der Waals surface area contributed by atoms with E-state index in [0.717, 1.165) is 16.4 Å². The molecule has 1 aliphatic rings. The van der Waals surface area contributed by atoms with Crippen LogP contribution in [0.5, 0.6) is 11.5 Å². The monoisotopic (exact) mass is 377 g/mol. The Morgan fingerprint density at radius 1 is 1.04 bits per heavy atom. The van der Waals surface area contributed by atoms with Gasteiger partial charge in [-0.3, -0.25) is 9.20 Å². The average Bonchev–Trinajstić information content (AvgIpc) is 3.15. The van der Waals surface area contributed by atoms with Crippen molar-refractivity contribution >= 4 is 34.0 Å². The van der Waals surface area contributed by atoms with Crippen molar-refractivity contribution in [2.45, 2.75) is 5.16 Å². The van der Waals surface area contributed by atoms with Gasteiger partial charge >= 0.3 is 0 Å². The topological polar surface area (TPSA) is 65.7 Å². The van der Waals surface area contributed by atoms with Gasteiger partial charge in [-0.25, -0.2) is 0 Å². The molecule has 134 valence electrons. The van der Waals surface area contributed by atoms with Crippen LogP contribution in [0.4, 0.5) is 0 Å². The molecule has 4 aromatic rings. The summed E-state index contributed by atoms with van der Waals surface area (Å²) in [5.41, 5.74) is 1.40. The Morgan fingerprint density at radius 2 is 1.89 bits per heavy atom. The fourth-order valence-corrected chi connectivity index (χ4v) is 3.94. The highest BCUT2D eigenvalue weighted by Gasteiger charge is 2.16. The van der Waals surface area contributed by atoms with Gasteiger partial charge in [-0.15, -0.1) is 10.2 Å². The van der Waals surface area contributed by atoms with Crippen molar-refractivity contribution in [3.05, 3.63) is 60.3 Å². The Labute approximate surface area is 159 Å². The molecule has 0 atom stereocenters. The highest BCUT2D eigenvalue weighted by atomic mass is 32.2. The second-order valence-electron chi connectivity index (χ2n) is 6.15. The van der Waals surface area contributed by atoms with Crippen molar-refractivity contribution < 1.29 is 14.3 Å². The van der Waals surface area contributed by atoms with Crippen molar-refractivity contribution in [3.8, 4) is 11.5 Å². The highest BCUT2D eigenvalue weighted by Crippen LogP contribution is 2.31. The molecule has 5 rings (SSSR count). The molecule has 0 radical (unpaired) electrons. The fraction of sp³-hybridized carbons (Fsp3) is 0.150. The zero-order valence-corrected chi connectivity index (χ0v) is 15.1. The summed E-state index contributed by atoms with van der Waals surface area (Å²) in [6.45, 7) is 1.03. The van der Waals surface area contributed by atoms with Crippen LogP contribution in [-0.2, 0) is 0 Å². The van der Waals surface area contributed by atoms with Gasteiger partial charge in [0.15, 0.2) is 28.1 Å². The van der Waals surface area contributed by atoms with Gasteiger partial charge in [0.2, 0.25) is 0 Å². The summed E-state index contributed by atoms with van der Waals surface area (Å²) < 4.78 is 13.0. The van der Waals surface area contributed by atoms with E-state index in [4.69, 9.17) is 9.47 Å². The van der Waals surface area contributed by atoms with Gasteiger partial charge in [0.05, 0.1) is 5.75 Å². The van der Waals surface area contributed by atoms with Gasteiger partial charge in [0.1, 0.15) is 13.2 Å². The van der Waals surface area contributed by atoms with E-state index >= 15 is 0 Å². The Morgan fingerprint density at radius 3 is 2.81 bits per heavy atom. The molecule has 0 aliphatic carbocycles. The summed E-state index contributed by atoms with van der Waals surface area (Å²) in [7, 11) is 0. The molecular weight excluding hydrogens is 362 g/mol. The fourth-order valence-electron chi connectivity index (χ4n) is 3.12. The SMILES string of the molecule is O=C(CSc1nnc2c3ccccc3ccn12)c1ccc2c(c1)OCCO2. The number of pyridine rings is 1. The molecule has 0 amide bonds. The molecule has 0 saturated heterocycles. The second-order valence-corrected chi connectivity index (χ2v) is 7.09. The van der Waals surface area contributed by atoms with E-state index < -0.39 is 0 Å². The van der Waals surface area contributed by atoms with Gasteiger partial charge in [-0.1, -0.05) is 36.0 Å². The van der Waals surface area contributed by atoms with Crippen molar-refractivity contribution in [1.82, 2.24) is 14.6 Å². The van der Waals surface area contributed by atoms with Crippen LogP contribution in [0.15, 0.2) is 59.9 Å². The van der Waals surface area contributed by atoms with Gasteiger partial charge < -0.3 is 9.47 Å². The number of ether oxygens (including phenoxy) is 2. The first-order valence-electron chi connectivity index (χ1n) is 8.58. The molecule has 0 bridgehead atoms. The highest BCUT2D eigenvalue weighted by molar-refractivity contribution is 7.99. The third-order valence-electron chi connectivity index (χ3n) is 4.47. The Kier molecular flexibility index (Phi) is 3.94. The van der Waals surface area contributed by atoms with E-state index in [1.807, 2.05) is 40.9 Å². The molecule has 6 nitrogen and oxygen atoms in total. The maximum Gasteiger partial charge on any atom is 0.196 e. The van der Waals surface area contributed by atoms with Crippen LogP contribution in [-0.4, -0.2) is 39.3 Å².